The van der Waals surface area contributed by atoms with Gasteiger partial charge < -0.3 is 20.3 Å². The number of amides is 2. The highest BCUT2D eigenvalue weighted by molar-refractivity contribution is 5.76. The van der Waals surface area contributed by atoms with E-state index in [0.29, 0.717) is 38.3 Å². The standard InChI is InChI=1S/C10H18N4O2.C4H10.C2H6/c15-10(12-1-3-13(16)4-2-12)14-8-5-9(14)7-11-6-8;1-3-4-2;1-2/h8-9,11,16H,1-7H2;3-4H2,1-2H3;1-2H3. The Morgan fingerprint density at radius 2 is 1.55 bits per heavy atom. The minimum atomic E-state index is 0.163. The van der Waals surface area contributed by atoms with Gasteiger partial charge in [-0.2, -0.15) is 5.06 Å². The van der Waals surface area contributed by atoms with Crippen molar-refractivity contribution < 1.29 is 10.0 Å². The zero-order valence-corrected chi connectivity index (χ0v) is 14.7. The van der Waals surface area contributed by atoms with Crippen molar-refractivity contribution in [3.63, 3.8) is 0 Å². The van der Waals surface area contributed by atoms with E-state index >= 15 is 0 Å². The molecule has 2 unspecified atom stereocenters. The summed E-state index contributed by atoms with van der Waals surface area (Å²) in [6.07, 6.45) is 3.79. The summed E-state index contributed by atoms with van der Waals surface area (Å²) in [6.45, 7) is 12.6. The van der Waals surface area contributed by atoms with Gasteiger partial charge in [-0.05, 0) is 6.42 Å². The van der Waals surface area contributed by atoms with Gasteiger partial charge in [-0.1, -0.05) is 40.5 Å². The Labute approximate surface area is 135 Å². The van der Waals surface area contributed by atoms with Crippen molar-refractivity contribution in [1.29, 1.82) is 0 Å². The molecule has 3 saturated heterocycles. The third-order valence-electron chi connectivity index (χ3n) is 4.34. The number of carbonyl (C=O) groups excluding carboxylic acids is 1. The number of hydrogen-bond acceptors (Lipinski definition) is 4. The van der Waals surface area contributed by atoms with Gasteiger partial charge >= 0.3 is 6.03 Å². The number of carbonyl (C=O) groups is 1. The molecule has 3 aliphatic rings. The first-order valence-electron chi connectivity index (χ1n) is 8.89. The van der Waals surface area contributed by atoms with E-state index in [0.717, 1.165) is 19.5 Å². The lowest BCUT2D eigenvalue weighted by Crippen LogP contribution is -2.71. The Hall–Kier alpha value is -0.850. The molecule has 3 rings (SSSR count). The maximum absolute atomic E-state index is 12.2. The van der Waals surface area contributed by atoms with E-state index in [1.807, 2.05) is 23.6 Å². The van der Waals surface area contributed by atoms with Gasteiger partial charge in [0.1, 0.15) is 0 Å². The molecule has 2 N–H and O–H groups in total. The maximum Gasteiger partial charge on any atom is 0.320 e. The Morgan fingerprint density at radius 3 is 1.95 bits per heavy atom. The number of rotatable bonds is 1. The van der Waals surface area contributed by atoms with E-state index in [-0.39, 0.29) is 6.03 Å². The molecule has 6 nitrogen and oxygen atoms in total. The van der Waals surface area contributed by atoms with E-state index in [2.05, 4.69) is 19.2 Å². The van der Waals surface area contributed by atoms with Crippen molar-refractivity contribution in [1.82, 2.24) is 20.2 Å². The van der Waals surface area contributed by atoms with E-state index in [9.17, 15) is 10.0 Å². The number of nitrogens with zero attached hydrogens (tertiary/aromatic N) is 3. The largest absolute Gasteiger partial charge is 0.322 e. The van der Waals surface area contributed by atoms with Crippen LogP contribution >= 0.6 is 0 Å². The molecule has 0 saturated carbocycles. The molecule has 0 aliphatic carbocycles. The molecule has 0 aromatic rings. The fourth-order valence-corrected chi connectivity index (χ4v) is 2.84. The van der Waals surface area contributed by atoms with E-state index < -0.39 is 0 Å². The van der Waals surface area contributed by atoms with E-state index in [1.54, 1.807) is 0 Å². The lowest BCUT2D eigenvalue weighted by Gasteiger charge is -2.54. The Bertz CT molecular complexity index is 303. The van der Waals surface area contributed by atoms with Crippen LogP contribution in [0.5, 0.6) is 0 Å². The number of hydroxylamine groups is 2. The molecular weight excluding hydrogens is 280 g/mol. The van der Waals surface area contributed by atoms with Gasteiger partial charge in [0.25, 0.3) is 0 Å². The summed E-state index contributed by atoms with van der Waals surface area (Å²) in [5.74, 6) is 0. The van der Waals surface area contributed by atoms with Crippen molar-refractivity contribution in [2.75, 3.05) is 39.3 Å². The lowest BCUT2D eigenvalue weighted by atomic mass is 9.89. The second kappa shape index (κ2) is 10.0. The predicted molar refractivity (Wildman–Crippen MR) is 89.2 cm³/mol. The van der Waals surface area contributed by atoms with Crippen molar-refractivity contribution in [3.8, 4) is 0 Å². The fourth-order valence-electron chi connectivity index (χ4n) is 2.84. The Balaban J connectivity index is 0.000000354. The fraction of sp³-hybridized carbons (Fsp3) is 0.938. The first-order chi connectivity index (χ1) is 10.7. The van der Waals surface area contributed by atoms with Crippen molar-refractivity contribution >= 4 is 6.03 Å². The van der Waals surface area contributed by atoms with Crippen LogP contribution in [0.4, 0.5) is 4.79 Å². The van der Waals surface area contributed by atoms with Gasteiger partial charge in [-0.15, -0.1) is 0 Å². The minimum absolute atomic E-state index is 0.163. The molecule has 0 aromatic carbocycles. The maximum atomic E-state index is 12.2. The summed E-state index contributed by atoms with van der Waals surface area (Å²) < 4.78 is 0. The Morgan fingerprint density at radius 1 is 1.05 bits per heavy atom. The first-order valence-corrected chi connectivity index (χ1v) is 8.89. The normalized spacial score (nSPS) is 27.0. The highest BCUT2D eigenvalue weighted by atomic mass is 16.5. The molecule has 2 amide bonds. The molecule has 130 valence electrons. The highest BCUT2D eigenvalue weighted by Crippen LogP contribution is 2.29. The summed E-state index contributed by atoms with van der Waals surface area (Å²) >= 11 is 0. The monoisotopic (exact) mass is 314 g/mol. The van der Waals surface area contributed by atoms with Crippen LogP contribution in [0.1, 0.15) is 47.0 Å². The van der Waals surface area contributed by atoms with Crippen molar-refractivity contribution in [2.24, 2.45) is 0 Å². The Kier molecular flexibility index (Phi) is 8.75. The number of urea groups is 1. The summed E-state index contributed by atoms with van der Waals surface area (Å²) in [5.41, 5.74) is 0. The summed E-state index contributed by atoms with van der Waals surface area (Å²) in [6, 6.07) is 0.965. The highest BCUT2D eigenvalue weighted by Gasteiger charge is 2.45. The molecule has 0 radical (unpaired) electrons. The van der Waals surface area contributed by atoms with Crippen LogP contribution in [-0.2, 0) is 0 Å². The summed E-state index contributed by atoms with van der Waals surface area (Å²) in [7, 11) is 0. The zero-order chi connectivity index (χ0) is 16.5. The van der Waals surface area contributed by atoms with Crippen LogP contribution < -0.4 is 5.32 Å². The van der Waals surface area contributed by atoms with Gasteiger partial charge in [-0.3, -0.25) is 0 Å². The van der Waals surface area contributed by atoms with Crippen molar-refractivity contribution in [3.05, 3.63) is 0 Å². The smallest absolute Gasteiger partial charge is 0.320 e. The second-order valence-corrected chi connectivity index (χ2v) is 5.83. The molecule has 3 fully saturated rings. The molecule has 2 atom stereocenters. The summed E-state index contributed by atoms with van der Waals surface area (Å²) in [4.78, 5) is 16.1. The van der Waals surface area contributed by atoms with Gasteiger partial charge in [0.2, 0.25) is 0 Å². The quantitative estimate of drug-likeness (QED) is 0.777. The third kappa shape index (κ3) is 4.83. The number of fused-ring (bicyclic) bond motifs is 2. The average Bonchev–Trinajstić information content (AvgIpc) is 2.58. The molecular formula is C16H34N4O2. The second-order valence-electron chi connectivity index (χ2n) is 5.83. The van der Waals surface area contributed by atoms with Crippen LogP contribution in [0.2, 0.25) is 0 Å². The molecule has 2 bridgehead atoms. The minimum Gasteiger partial charge on any atom is -0.322 e. The van der Waals surface area contributed by atoms with E-state index in [4.69, 9.17) is 0 Å². The van der Waals surface area contributed by atoms with Crippen LogP contribution in [-0.4, -0.2) is 77.5 Å². The molecule has 6 heteroatoms. The molecule has 0 aromatic heterocycles. The molecule has 0 spiro atoms. The number of unbranched alkanes of at least 4 members (excludes halogenated alkanes) is 1. The number of piperidine rings is 1. The number of hydrogen-bond donors (Lipinski definition) is 2. The topological polar surface area (TPSA) is 59.1 Å². The number of nitrogens with one attached hydrogen (secondary N) is 1. The first kappa shape index (κ1) is 19.2. The van der Waals surface area contributed by atoms with Crippen molar-refractivity contribution in [2.45, 2.75) is 59.0 Å². The van der Waals surface area contributed by atoms with Gasteiger partial charge in [-0.25, -0.2) is 4.79 Å². The molecule has 22 heavy (non-hydrogen) atoms. The summed E-state index contributed by atoms with van der Waals surface area (Å²) in [5, 5.41) is 13.9. The van der Waals surface area contributed by atoms with Crippen LogP contribution in [0.25, 0.3) is 0 Å². The van der Waals surface area contributed by atoms with Gasteiger partial charge in [0.15, 0.2) is 0 Å². The van der Waals surface area contributed by atoms with Gasteiger partial charge in [0.05, 0.1) is 0 Å². The SMILES string of the molecule is CC.CCCC.O=C(N1CCN(O)CC1)N1C2CNCC1C2. The van der Waals surface area contributed by atoms with Crippen LogP contribution in [0, 0.1) is 0 Å². The average molecular weight is 314 g/mol. The molecule has 3 heterocycles. The number of piperazine rings is 2. The van der Waals surface area contributed by atoms with Crippen LogP contribution in [0.15, 0.2) is 0 Å². The lowest BCUT2D eigenvalue weighted by molar-refractivity contribution is -0.115. The van der Waals surface area contributed by atoms with E-state index in [1.165, 1.54) is 17.9 Å². The molecule has 3 aliphatic heterocycles. The predicted octanol–water partition coefficient (Wildman–Crippen LogP) is 1.99. The third-order valence-corrected chi connectivity index (χ3v) is 4.34. The van der Waals surface area contributed by atoms with Gasteiger partial charge in [0, 0.05) is 51.4 Å². The van der Waals surface area contributed by atoms with Crippen LogP contribution in [0.3, 0.4) is 0 Å². The zero-order valence-electron chi connectivity index (χ0n) is 14.7.